The Morgan fingerprint density at radius 2 is 1.86 bits per heavy atom. The smallest absolute Gasteiger partial charge is 0.243 e. The molecule has 7 nitrogen and oxygen atoms in total. The van der Waals surface area contributed by atoms with Crippen molar-refractivity contribution >= 4 is 15.9 Å². The molecule has 0 spiro atoms. The molecule has 1 aliphatic rings. The third kappa shape index (κ3) is 4.45. The van der Waals surface area contributed by atoms with E-state index in [0.717, 1.165) is 15.4 Å². The highest BCUT2D eigenvalue weighted by molar-refractivity contribution is 7.89. The maximum Gasteiger partial charge on any atom is 0.243 e. The summed E-state index contributed by atoms with van der Waals surface area (Å²) in [5, 5.41) is 2.71. The number of fused-ring (bicyclic) bond motifs is 1. The summed E-state index contributed by atoms with van der Waals surface area (Å²) in [4.78, 5) is 12.4. The largest absolute Gasteiger partial charge is 0.486 e. The maximum atomic E-state index is 12.7. The predicted molar refractivity (Wildman–Crippen MR) is 105 cm³/mol. The molecule has 0 saturated carbocycles. The monoisotopic (exact) mass is 404 g/mol. The van der Waals surface area contributed by atoms with Gasteiger partial charge in [-0.2, -0.15) is 4.31 Å². The van der Waals surface area contributed by atoms with Gasteiger partial charge in [0.05, 0.1) is 18.0 Å². The summed E-state index contributed by atoms with van der Waals surface area (Å²) < 4.78 is 37.8. The summed E-state index contributed by atoms with van der Waals surface area (Å²) in [5.41, 5.74) is 1.89. The number of aryl methyl sites for hydroxylation is 2. The summed E-state index contributed by atoms with van der Waals surface area (Å²) in [6.45, 7) is 4.03. The first-order valence-corrected chi connectivity index (χ1v) is 10.4. The summed E-state index contributed by atoms with van der Waals surface area (Å²) in [5.74, 6) is 0.893. The first-order valence-electron chi connectivity index (χ1n) is 8.96. The van der Waals surface area contributed by atoms with Gasteiger partial charge in [0.1, 0.15) is 12.7 Å². The van der Waals surface area contributed by atoms with Gasteiger partial charge < -0.3 is 14.8 Å². The van der Waals surface area contributed by atoms with Crippen molar-refractivity contribution in [3.8, 4) is 11.5 Å². The van der Waals surface area contributed by atoms with Crippen LogP contribution in [0.2, 0.25) is 0 Å². The fourth-order valence-electron chi connectivity index (χ4n) is 2.79. The number of ether oxygens (including phenoxy) is 2. The van der Waals surface area contributed by atoms with Crippen LogP contribution < -0.4 is 14.8 Å². The second kappa shape index (κ2) is 8.20. The summed E-state index contributed by atoms with van der Waals surface area (Å²) in [6.07, 6.45) is -0.333. The van der Waals surface area contributed by atoms with Crippen LogP contribution in [0.5, 0.6) is 11.5 Å². The molecule has 0 bridgehead atoms. The molecule has 1 atom stereocenters. The zero-order chi connectivity index (χ0) is 20.3. The van der Waals surface area contributed by atoms with Gasteiger partial charge in [-0.05, 0) is 49.2 Å². The van der Waals surface area contributed by atoms with Gasteiger partial charge in [-0.1, -0.05) is 18.2 Å². The molecule has 2 aromatic rings. The van der Waals surface area contributed by atoms with Gasteiger partial charge in [-0.25, -0.2) is 8.42 Å². The number of rotatable bonds is 6. The van der Waals surface area contributed by atoms with Crippen molar-refractivity contribution in [1.82, 2.24) is 9.62 Å². The van der Waals surface area contributed by atoms with E-state index < -0.39 is 15.9 Å². The number of hydrogen-bond acceptors (Lipinski definition) is 5. The lowest BCUT2D eigenvalue weighted by Crippen LogP contribution is -2.44. The van der Waals surface area contributed by atoms with Crippen LogP contribution in [0.1, 0.15) is 11.1 Å². The lowest BCUT2D eigenvalue weighted by Gasteiger charge is -2.26. The highest BCUT2D eigenvalue weighted by Gasteiger charge is 2.25. The first kappa shape index (κ1) is 20.2. The van der Waals surface area contributed by atoms with Crippen LogP contribution in [0.4, 0.5) is 0 Å². The summed E-state index contributed by atoms with van der Waals surface area (Å²) in [6, 6.07) is 12.2. The SMILES string of the molecule is Cc1ccc(S(=O)(=O)N(C)CC(=O)NCC2COc3ccccc3O2)cc1C. The van der Waals surface area contributed by atoms with Gasteiger partial charge in [0.25, 0.3) is 0 Å². The van der Waals surface area contributed by atoms with E-state index in [1.165, 1.54) is 7.05 Å². The van der Waals surface area contributed by atoms with Gasteiger partial charge in [0.15, 0.2) is 11.5 Å². The van der Waals surface area contributed by atoms with E-state index in [9.17, 15) is 13.2 Å². The molecule has 1 heterocycles. The number of para-hydroxylation sites is 2. The van der Waals surface area contributed by atoms with Crippen molar-refractivity contribution in [2.75, 3.05) is 26.7 Å². The van der Waals surface area contributed by atoms with Gasteiger partial charge in [0, 0.05) is 7.05 Å². The maximum absolute atomic E-state index is 12.7. The number of benzene rings is 2. The molecule has 0 radical (unpaired) electrons. The Morgan fingerprint density at radius 3 is 2.57 bits per heavy atom. The van der Waals surface area contributed by atoms with Gasteiger partial charge in [-0.15, -0.1) is 0 Å². The minimum absolute atomic E-state index is 0.173. The minimum Gasteiger partial charge on any atom is -0.486 e. The van der Waals surface area contributed by atoms with Crippen molar-refractivity contribution < 1.29 is 22.7 Å². The highest BCUT2D eigenvalue weighted by Crippen LogP contribution is 2.30. The van der Waals surface area contributed by atoms with E-state index in [1.54, 1.807) is 24.3 Å². The molecule has 0 fully saturated rings. The molecule has 1 amide bonds. The zero-order valence-corrected chi connectivity index (χ0v) is 17.0. The number of carbonyl (C=O) groups is 1. The van der Waals surface area contributed by atoms with Gasteiger partial charge >= 0.3 is 0 Å². The number of hydrogen-bond donors (Lipinski definition) is 1. The van der Waals surface area contributed by atoms with Crippen molar-refractivity contribution in [3.63, 3.8) is 0 Å². The molecule has 1 aliphatic heterocycles. The quantitative estimate of drug-likeness (QED) is 0.795. The average Bonchev–Trinajstić information content (AvgIpc) is 2.68. The molecule has 28 heavy (non-hydrogen) atoms. The number of likely N-dealkylation sites (N-methyl/N-ethyl adjacent to an activating group) is 1. The second-order valence-corrected chi connectivity index (χ2v) is 8.85. The van der Waals surface area contributed by atoms with Gasteiger partial charge in [-0.3, -0.25) is 4.79 Å². The van der Waals surface area contributed by atoms with E-state index >= 15 is 0 Å². The Hall–Kier alpha value is -2.58. The summed E-state index contributed by atoms with van der Waals surface area (Å²) in [7, 11) is -2.35. The number of sulfonamides is 1. The van der Waals surface area contributed by atoms with Crippen LogP contribution in [0.25, 0.3) is 0 Å². The Morgan fingerprint density at radius 1 is 1.14 bits per heavy atom. The van der Waals surface area contributed by atoms with Crippen molar-refractivity contribution in [2.45, 2.75) is 24.8 Å². The molecular weight excluding hydrogens is 380 g/mol. The fourth-order valence-corrected chi connectivity index (χ4v) is 4.00. The minimum atomic E-state index is -3.74. The standard InChI is InChI=1S/C20H24N2O5S/c1-14-8-9-17(10-15(14)2)28(24,25)22(3)12-20(23)21-11-16-13-26-18-6-4-5-7-19(18)27-16/h4-10,16H,11-13H2,1-3H3,(H,21,23). The van der Waals surface area contributed by atoms with Crippen LogP contribution in [0.3, 0.4) is 0 Å². The first-order chi connectivity index (χ1) is 13.3. The van der Waals surface area contributed by atoms with Crippen LogP contribution in [0, 0.1) is 13.8 Å². The molecule has 2 aromatic carbocycles. The molecule has 150 valence electrons. The molecule has 1 unspecified atom stereocenters. The molecule has 0 aromatic heterocycles. The molecule has 0 aliphatic carbocycles. The van der Waals surface area contributed by atoms with Crippen LogP contribution >= 0.6 is 0 Å². The number of nitrogens with zero attached hydrogens (tertiary/aromatic N) is 1. The highest BCUT2D eigenvalue weighted by atomic mass is 32.2. The Labute approximate surface area is 165 Å². The lowest BCUT2D eigenvalue weighted by atomic mass is 10.1. The second-order valence-electron chi connectivity index (χ2n) is 6.81. The molecule has 8 heteroatoms. The topological polar surface area (TPSA) is 84.9 Å². The van der Waals surface area contributed by atoms with Gasteiger partial charge in [0.2, 0.25) is 15.9 Å². The average molecular weight is 404 g/mol. The Bertz CT molecular complexity index is 974. The van der Waals surface area contributed by atoms with Crippen LogP contribution in [0.15, 0.2) is 47.4 Å². The molecule has 1 N–H and O–H groups in total. The van der Waals surface area contributed by atoms with Crippen LogP contribution in [-0.2, 0) is 14.8 Å². The van der Waals surface area contributed by atoms with Crippen molar-refractivity contribution in [2.24, 2.45) is 0 Å². The molecule has 3 rings (SSSR count). The third-order valence-corrected chi connectivity index (χ3v) is 6.45. The zero-order valence-electron chi connectivity index (χ0n) is 16.1. The molecule has 0 saturated heterocycles. The Kier molecular flexibility index (Phi) is 5.90. The normalized spacial score (nSPS) is 16.1. The fraction of sp³-hybridized carbons (Fsp3) is 0.350. The van der Waals surface area contributed by atoms with E-state index in [0.29, 0.717) is 18.1 Å². The van der Waals surface area contributed by atoms with E-state index in [-0.39, 0.29) is 24.1 Å². The number of nitrogens with one attached hydrogen (secondary N) is 1. The van der Waals surface area contributed by atoms with E-state index in [2.05, 4.69) is 5.32 Å². The lowest BCUT2D eigenvalue weighted by molar-refractivity contribution is -0.121. The van der Waals surface area contributed by atoms with Crippen LogP contribution in [-0.4, -0.2) is 51.5 Å². The van der Waals surface area contributed by atoms with E-state index in [4.69, 9.17) is 9.47 Å². The predicted octanol–water partition coefficient (Wildman–Crippen LogP) is 1.88. The van der Waals surface area contributed by atoms with Crippen molar-refractivity contribution in [1.29, 1.82) is 0 Å². The Balaban J connectivity index is 1.55. The molecular formula is C20H24N2O5S. The summed E-state index contributed by atoms with van der Waals surface area (Å²) >= 11 is 0. The van der Waals surface area contributed by atoms with Crippen molar-refractivity contribution in [3.05, 3.63) is 53.6 Å². The third-order valence-electron chi connectivity index (χ3n) is 4.65. The van der Waals surface area contributed by atoms with E-state index in [1.807, 2.05) is 32.0 Å². The number of amides is 1. The number of carbonyl (C=O) groups excluding carboxylic acids is 1.